The van der Waals surface area contributed by atoms with Crippen LogP contribution in [0.3, 0.4) is 0 Å². The van der Waals surface area contributed by atoms with E-state index in [0.29, 0.717) is 0 Å². The molecule has 1 nitrogen and oxygen atoms in total. The molecule has 0 heterocycles. The maximum absolute atomic E-state index is 9.75. The predicted octanol–water partition coefficient (Wildman–Crippen LogP) is 3.18. The Morgan fingerprint density at radius 1 is 1.08 bits per heavy atom. The number of hydrogen-bond acceptors (Lipinski definition) is 1. The number of rotatable bonds is 7. The Hall–Kier alpha value is -0.850. The molecule has 0 fully saturated rings. The van der Waals surface area contributed by atoms with E-state index in [1.165, 1.54) is 18.9 Å². The summed E-state index contributed by atoms with van der Waals surface area (Å²) in [5.74, 6) is 0. The summed E-state index contributed by atoms with van der Waals surface area (Å²) in [6.45, 7) is 2.17. The zero-order valence-electron chi connectivity index (χ0n) is 7.75. The fourth-order valence-corrected chi connectivity index (χ4v) is 0.887. The summed E-state index contributed by atoms with van der Waals surface area (Å²) in [5, 5.41) is 0. The van der Waals surface area contributed by atoms with Crippen LogP contribution in [0.2, 0.25) is 0 Å². The maximum Gasteiger partial charge on any atom is 0.225 e. The second kappa shape index (κ2) is 10.2. The Bertz CT molecular complexity index is 145. The van der Waals surface area contributed by atoms with Crippen LogP contribution in [0.5, 0.6) is 0 Å². The van der Waals surface area contributed by atoms with E-state index in [1.807, 2.05) is 6.08 Å². The summed E-state index contributed by atoms with van der Waals surface area (Å²) in [6.07, 6.45) is 15.1. The van der Waals surface area contributed by atoms with Gasteiger partial charge >= 0.3 is 0 Å². The predicted molar refractivity (Wildman–Crippen MR) is 52.7 cm³/mol. The Kier molecular flexibility index (Phi) is 9.43. The molecule has 0 saturated heterocycles. The molecular formula is C11H17O. The van der Waals surface area contributed by atoms with Crippen molar-refractivity contribution in [2.24, 2.45) is 0 Å². The third kappa shape index (κ3) is 9.15. The van der Waals surface area contributed by atoms with Gasteiger partial charge in [0, 0.05) is 0 Å². The van der Waals surface area contributed by atoms with Crippen LogP contribution in [0.15, 0.2) is 24.3 Å². The maximum atomic E-state index is 9.75. The van der Waals surface area contributed by atoms with E-state index < -0.39 is 0 Å². The quantitative estimate of drug-likeness (QED) is 0.321. The first-order chi connectivity index (χ1) is 5.91. The number of hydrogen-bond donors (Lipinski definition) is 0. The van der Waals surface area contributed by atoms with Crippen LogP contribution < -0.4 is 0 Å². The molecule has 1 heteroatoms. The molecule has 0 amide bonds. The van der Waals surface area contributed by atoms with Gasteiger partial charge in [0.25, 0.3) is 0 Å². The molecule has 0 rings (SSSR count). The molecule has 0 N–H and O–H groups in total. The van der Waals surface area contributed by atoms with E-state index >= 15 is 0 Å². The van der Waals surface area contributed by atoms with Crippen molar-refractivity contribution in [3.63, 3.8) is 0 Å². The van der Waals surface area contributed by atoms with E-state index in [9.17, 15) is 4.79 Å². The molecule has 0 aromatic heterocycles. The first-order valence-corrected chi connectivity index (χ1v) is 4.59. The highest BCUT2D eigenvalue weighted by Gasteiger charge is 1.80. The van der Waals surface area contributed by atoms with Crippen molar-refractivity contribution in [2.45, 2.75) is 39.0 Å². The third-order valence-corrected chi connectivity index (χ3v) is 1.55. The van der Waals surface area contributed by atoms with Crippen LogP contribution in [-0.4, -0.2) is 6.29 Å². The minimum Gasteiger partial charge on any atom is -0.286 e. The largest absolute Gasteiger partial charge is 0.286 e. The highest BCUT2D eigenvalue weighted by Crippen LogP contribution is 1.99. The van der Waals surface area contributed by atoms with Crippen molar-refractivity contribution in [1.82, 2.24) is 0 Å². The van der Waals surface area contributed by atoms with E-state index in [4.69, 9.17) is 0 Å². The summed E-state index contributed by atoms with van der Waals surface area (Å²) >= 11 is 0. The highest BCUT2D eigenvalue weighted by molar-refractivity contribution is 5.65. The SMILES string of the molecule is CCCC=CCCCC=C[C]=O. The average molecular weight is 165 g/mol. The molecule has 0 atom stereocenters. The van der Waals surface area contributed by atoms with Crippen LogP contribution in [0.25, 0.3) is 0 Å². The number of carbonyl (C=O) groups excluding carboxylic acids is 1. The zero-order valence-corrected chi connectivity index (χ0v) is 7.75. The van der Waals surface area contributed by atoms with E-state index in [-0.39, 0.29) is 0 Å². The molecule has 12 heavy (non-hydrogen) atoms. The van der Waals surface area contributed by atoms with Crippen LogP contribution >= 0.6 is 0 Å². The normalized spacial score (nSPS) is 11.4. The van der Waals surface area contributed by atoms with E-state index in [1.54, 1.807) is 6.29 Å². The van der Waals surface area contributed by atoms with Crippen molar-refractivity contribution in [3.8, 4) is 0 Å². The summed E-state index contributed by atoms with van der Waals surface area (Å²) in [6, 6.07) is 0. The molecule has 0 bridgehead atoms. The molecule has 0 aromatic rings. The minimum atomic E-state index is 0.978. The standard InChI is InChI=1S/C11H17O/c1-2-3-4-5-6-7-8-9-10-11-12/h4-5,9-10H,2-3,6-8H2,1H3. The van der Waals surface area contributed by atoms with Gasteiger partial charge in [0.1, 0.15) is 0 Å². The van der Waals surface area contributed by atoms with Gasteiger partial charge in [0.2, 0.25) is 6.29 Å². The van der Waals surface area contributed by atoms with E-state index in [0.717, 1.165) is 19.3 Å². The van der Waals surface area contributed by atoms with Crippen LogP contribution in [0.4, 0.5) is 0 Å². The second-order valence-corrected chi connectivity index (χ2v) is 2.71. The Labute approximate surface area is 75.2 Å². The summed E-state index contributed by atoms with van der Waals surface area (Å²) in [5.41, 5.74) is 0. The number of allylic oxidation sites excluding steroid dienone is 4. The molecule has 0 aliphatic heterocycles. The summed E-state index contributed by atoms with van der Waals surface area (Å²) in [7, 11) is 0. The lowest BCUT2D eigenvalue weighted by molar-refractivity contribution is 0.564. The van der Waals surface area contributed by atoms with Crippen molar-refractivity contribution >= 4 is 6.29 Å². The molecule has 0 unspecified atom stereocenters. The van der Waals surface area contributed by atoms with Crippen molar-refractivity contribution < 1.29 is 4.79 Å². The lowest BCUT2D eigenvalue weighted by Gasteiger charge is -1.89. The summed E-state index contributed by atoms with van der Waals surface area (Å²) < 4.78 is 0. The first kappa shape index (κ1) is 11.2. The highest BCUT2D eigenvalue weighted by atomic mass is 16.1. The molecular weight excluding hydrogens is 148 g/mol. The molecule has 0 aliphatic carbocycles. The van der Waals surface area contributed by atoms with Gasteiger partial charge in [-0.15, -0.1) is 0 Å². The third-order valence-electron chi connectivity index (χ3n) is 1.55. The molecule has 0 aromatic carbocycles. The molecule has 0 saturated carbocycles. The van der Waals surface area contributed by atoms with Gasteiger partial charge in [-0.05, 0) is 31.8 Å². The van der Waals surface area contributed by atoms with Gasteiger partial charge in [0.05, 0.1) is 0 Å². The Balaban J connectivity index is 3.09. The van der Waals surface area contributed by atoms with Crippen LogP contribution in [0.1, 0.15) is 39.0 Å². The lowest BCUT2D eigenvalue weighted by Crippen LogP contribution is -1.70. The van der Waals surface area contributed by atoms with Crippen molar-refractivity contribution in [2.75, 3.05) is 0 Å². The number of unbranched alkanes of at least 4 members (excludes halogenated alkanes) is 3. The van der Waals surface area contributed by atoms with Gasteiger partial charge in [-0.2, -0.15) is 0 Å². The topological polar surface area (TPSA) is 17.1 Å². The summed E-state index contributed by atoms with van der Waals surface area (Å²) in [4.78, 5) is 9.75. The van der Waals surface area contributed by atoms with Gasteiger partial charge in [-0.25, -0.2) is 0 Å². The second-order valence-electron chi connectivity index (χ2n) is 2.71. The molecule has 1 radical (unpaired) electrons. The smallest absolute Gasteiger partial charge is 0.225 e. The molecule has 67 valence electrons. The lowest BCUT2D eigenvalue weighted by atomic mass is 10.2. The van der Waals surface area contributed by atoms with Gasteiger partial charge in [-0.3, -0.25) is 4.79 Å². The Morgan fingerprint density at radius 3 is 2.42 bits per heavy atom. The molecule has 0 aliphatic rings. The minimum absolute atomic E-state index is 0.978. The van der Waals surface area contributed by atoms with E-state index in [2.05, 4.69) is 19.1 Å². The van der Waals surface area contributed by atoms with Crippen molar-refractivity contribution in [3.05, 3.63) is 24.3 Å². The first-order valence-electron chi connectivity index (χ1n) is 4.59. The van der Waals surface area contributed by atoms with Gasteiger partial charge < -0.3 is 0 Å². The monoisotopic (exact) mass is 165 g/mol. The van der Waals surface area contributed by atoms with Crippen LogP contribution in [0, 0.1) is 0 Å². The fraction of sp³-hybridized carbons (Fsp3) is 0.545. The molecule has 0 spiro atoms. The Morgan fingerprint density at radius 2 is 1.75 bits per heavy atom. The van der Waals surface area contributed by atoms with Gasteiger partial charge in [0.15, 0.2) is 0 Å². The fourth-order valence-electron chi connectivity index (χ4n) is 0.887. The zero-order chi connectivity index (χ0) is 9.07. The van der Waals surface area contributed by atoms with Crippen molar-refractivity contribution in [1.29, 1.82) is 0 Å². The van der Waals surface area contributed by atoms with Gasteiger partial charge in [-0.1, -0.05) is 31.6 Å². The van der Waals surface area contributed by atoms with Crippen LogP contribution in [-0.2, 0) is 4.79 Å². The average Bonchev–Trinajstić information content (AvgIpc) is 2.10.